The Morgan fingerprint density at radius 2 is 1.52 bits per heavy atom. The van der Waals surface area contributed by atoms with E-state index in [-0.39, 0.29) is 12.2 Å². The molecule has 1 saturated heterocycles. The highest BCUT2D eigenvalue weighted by atomic mass is 31.2. The van der Waals surface area contributed by atoms with E-state index >= 15 is 0 Å². The molecule has 1 aliphatic heterocycles. The molecule has 14 heteroatoms. The summed E-state index contributed by atoms with van der Waals surface area (Å²) in [6.07, 6.45) is 15.6. The zero-order chi connectivity index (χ0) is 41.0. The van der Waals surface area contributed by atoms with E-state index in [1.54, 1.807) is 64.1 Å². The summed E-state index contributed by atoms with van der Waals surface area (Å²) >= 11 is 0. The first-order valence-electron chi connectivity index (χ1n) is 20.6. The molecular formula is C42H65N4O9P. The lowest BCUT2D eigenvalue weighted by Crippen LogP contribution is -2.46. The van der Waals surface area contributed by atoms with Gasteiger partial charge in [0.2, 0.25) is 12.3 Å². The van der Waals surface area contributed by atoms with Crippen molar-refractivity contribution in [2.24, 2.45) is 0 Å². The summed E-state index contributed by atoms with van der Waals surface area (Å²) in [4.78, 5) is 46.9. The third-order valence-electron chi connectivity index (χ3n) is 9.86. The van der Waals surface area contributed by atoms with Gasteiger partial charge >= 0.3 is 30.9 Å². The molecule has 56 heavy (non-hydrogen) atoms. The number of aryl methyl sites for hydroxylation is 1. The Hall–Kier alpha value is -3.56. The van der Waals surface area contributed by atoms with Crippen LogP contribution in [0, 0.1) is 13.5 Å². The summed E-state index contributed by atoms with van der Waals surface area (Å²) in [6.45, 7) is 18.0. The van der Waals surface area contributed by atoms with Gasteiger partial charge in [0.25, 0.3) is 0 Å². The molecule has 1 fully saturated rings. The lowest BCUT2D eigenvalue weighted by atomic mass is 9.92. The number of nitrogens with one attached hydrogen (secondary N) is 1. The maximum absolute atomic E-state index is 14.3. The molecule has 1 aromatic heterocycles. The first-order chi connectivity index (χ1) is 26.8. The van der Waals surface area contributed by atoms with E-state index < -0.39 is 68.1 Å². The predicted octanol–water partition coefficient (Wildman–Crippen LogP) is 9.43. The summed E-state index contributed by atoms with van der Waals surface area (Å²) < 4.78 is 44.7. The molecule has 0 amide bonds. The molecule has 6 atom stereocenters. The molecule has 1 aromatic carbocycles. The fraction of sp³-hybridized carbons (Fsp3) is 0.690. The van der Waals surface area contributed by atoms with Crippen molar-refractivity contribution in [3.8, 4) is 5.75 Å². The highest BCUT2D eigenvalue weighted by Gasteiger charge is 2.63. The zero-order valence-corrected chi connectivity index (χ0v) is 35.3. The Kier molecular flexibility index (Phi) is 20.3. The first-order valence-corrected chi connectivity index (χ1v) is 22.1. The van der Waals surface area contributed by atoms with E-state index in [0.717, 1.165) is 19.3 Å². The van der Waals surface area contributed by atoms with E-state index in [4.69, 9.17) is 29.8 Å². The summed E-state index contributed by atoms with van der Waals surface area (Å²) in [6, 6.07) is 8.79. The third-order valence-corrected chi connectivity index (χ3v) is 11.5. The van der Waals surface area contributed by atoms with E-state index in [2.05, 4.69) is 21.8 Å². The fourth-order valence-electron chi connectivity index (χ4n) is 6.70. The Bertz CT molecular complexity index is 1630. The standard InChI is InChI=1S/C42H65N4O9P/c1-8-9-10-11-12-13-14-15-16-17-18-19-20-21-25-28-37(47)54-38-36(53-40(42(38,6)43-7)46-30-29-33(4)44-41(46)49)31-51-56(50,55-35-26-23-22-24-27-35)45-34(5)39(48)52-32(2)3/h22-24,26-27,29-30,32,34,36,38,40H,8-21,25,28,31H2,1-6H3,(H,45,50)/t34-,36?,38+,40+,42+,56+/m0/s1. The van der Waals surface area contributed by atoms with Gasteiger partial charge in [0, 0.05) is 25.2 Å². The van der Waals surface area contributed by atoms with Crippen LogP contribution in [0.1, 0.15) is 149 Å². The zero-order valence-electron chi connectivity index (χ0n) is 34.4. The minimum absolute atomic E-state index is 0.139. The predicted molar refractivity (Wildman–Crippen MR) is 216 cm³/mol. The monoisotopic (exact) mass is 800 g/mol. The minimum Gasteiger partial charge on any atom is -0.462 e. The Labute approximate surface area is 334 Å². The largest absolute Gasteiger partial charge is 0.462 e. The Morgan fingerprint density at radius 3 is 2.05 bits per heavy atom. The van der Waals surface area contributed by atoms with Crippen LogP contribution in [-0.2, 0) is 32.9 Å². The number of carbonyl (C=O) groups excluding carboxylic acids is 2. The van der Waals surface area contributed by atoms with Gasteiger partial charge < -0.3 is 23.6 Å². The molecule has 0 spiro atoms. The molecule has 2 aromatic rings. The number of ether oxygens (including phenoxy) is 3. The number of benzene rings is 1. The number of rotatable bonds is 27. The van der Waals surface area contributed by atoms with Crippen molar-refractivity contribution in [3.05, 3.63) is 70.2 Å². The van der Waals surface area contributed by atoms with Crippen LogP contribution in [0.3, 0.4) is 0 Å². The molecule has 312 valence electrons. The topological polar surface area (TPSA) is 149 Å². The highest BCUT2D eigenvalue weighted by Crippen LogP contribution is 2.48. The van der Waals surface area contributed by atoms with Crippen molar-refractivity contribution in [1.82, 2.24) is 14.6 Å². The summed E-state index contributed by atoms with van der Waals surface area (Å²) in [5.41, 5.74) is -1.76. The highest BCUT2D eigenvalue weighted by molar-refractivity contribution is 7.52. The summed E-state index contributed by atoms with van der Waals surface area (Å²) in [7, 11) is -4.34. The van der Waals surface area contributed by atoms with Gasteiger partial charge in [0.05, 0.1) is 12.7 Å². The van der Waals surface area contributed by atoms with Gasteiger partial charge in [-0.1, -0.05) is 115 Å². The molecular weight excluding hydrogens is 735 g/mol. The van der Waals surface area contributed by atoms with Gasteiger partial charge in [-0.3, -0.25) is 18.7 Å². The average Bonchev–Trinajstić information content (AvgIpc) is 3.42. The fourth-order valence-corrected chi connectivity index (χ4v) is 8.20. The van der Waals surface area contributed by atoms with Gasteiger partial charge in [-0.05, 0) is 52.3 Å². The number of hydrogen-bond donors (Lipinski definition) is 1. The van der Waals surface area contributed by atoms with Crippen molar-refractivity contribution in [3.63, 3.8) is 0 Å². The summed E-state index contributed by atoms with van der Waals surface area (Å²) in [5.74, 6) is -0.988. The van der Waals surface area contributed by atoms with Crippen LogP contribution in [0.4, 0.5) is 0 Å². The van der Waals surface area contributed by atoms with Crippen LogP contribution in [0.2, 0.25) is 0 Å². The van der Waals surface area contributed by atoms with Gasteiger partial charge in [0.15, 0.2) is 0 Å². The third kappa shape index (κ3) is 15.4. The minimum atomic E-state index is -4.34. The smallest absolute Gasteiger partial charge is 0.459 e. The first kappa shape index (κ1) is 46.8. The number of aromatic nitrogens is 2. The van der Waals surface area contributed by atoms with Crippen LogP contribution in [0.25, 0.3) is 4.85 Å². The lowest BCUT2D eigenvalue weighted by Gasteiger charge is -2.26. The van der Waals surface area contributed by atoms with Crippen molar-refractivity contribution in [2.75, 3.05) is 6.61 Å². The van der Waals surface area contributed by atoms with Gasteiger partial charge in [-0.2, -0.15) is 10.1 Å². The number of esters is 2. The Morgan fingerprint density at radius 1 is 0.946 bits per heavy atom. The van der Waals surface area contributed by atoms with E-state index in [9.17, 15) is 18.9 Å². The number of para-hydroxylation sites is 1. The average molecular weight is 801 g/mol. The van der Waals surface area contributed by atoms with Gasteiger partial charge in [0.1, 0.15) is 17.9 Å². The molecule has 2 heterocycles. The molecule has 0 bridgehead atoms. The number of hydrogen-bond acceptors (Lipinski definition) is 10. The molecule has 1 unspecified atom stereocenters. The summed E-state index contributed by atoms with van der Waals surface area (Å²) in [5, 5.41) is 2.64. The van der Waals surface area contributed by atoms with Crippen LogP contribution >= 0.6 is 7.75 Å². The quantitative estimate of drug-likeness (QED) is 0.0399. The van der Waals surface area contributed by atoms with Crippen molar-refractivity contribution in [1.29, 1.82) is 0 Å². The van der Waals surface area contributed by atoms with Crippen molar-refractivity contribution < 1.29 is 37.4 Å². The molecule has 13 nitrogen and oxygen atoms in total. The van der Waals surface area contributed by atoms with Crippen LogP contribution in [0.5, 0.6) is 5.75 Å². The van der Waals surface area contributed by atoms with Crippen LogP contribution < -0.4 is 15.3 Å². The number of nitrogens with zero attached hydrogens (tertiary/aromatic N) is 3. The van der Waals surface area contributed by atoms with Gasteiger partial charge in [-0.15, -0.1) is 0 Å². The van der Waals surface area contributed by atoms with Crippen LogP contribution in [0.15, 0.2) is 47.4 Å². The molecule has 1 aliphatic rings. The molecule has 3 rings (SSSR count). The van der Waals surface area contributed by atoms with E-state index in [1.807, 2.05) is 0 Å². The lowest BCUT2D eigenvalue weighted by molar-refractivity contribution is -0.154. The molecule has 0 radical (unpaired) electrons. The van der Waals surface area contributed by atoms with Crippen molar-refractivity contribution in [2.45, 2.75) is 180 Å². The maximum Gasteiger partial charge on any atom is 0.459 e. The van der Waals surface area contributed by atoms with E-state index in [0.29, 0.717) is 12.1 Å². The second-order valence-corrected chi connectivity index (χ2v) is 17.0. The second-order valence-electron chi connectivity index (χ2n) is 15.3. The van der Waals surface area contributed by atoms with Crippen molar-refractivity contribution >= 4 is 19.7 Å². The number of carbonyl (C=O) groups is 2. The Balaban J connectivity index is 1.65. The number of unbranched alkanes of at least 4 members (excludes halogenated alkanes) is 14. The second kappa shape index (κ2) is 24.3. The SMILES string of the molecule is [C-]#[N+][C@]1(C)[C@H](OC(=O)CCCCCCCCCCCCCCCCC)C(CO[P@](=O)(N[C@@H](C)C(=O)OC(C)C)Oc2ccccc2)O[C@H]1n1ccc(C)nc1=O. The maximum atomic E-state index is 14.3. The van der Waals surface area contributed by atoms with Gasteiger partial charge in [-0.25, -0.2) is 15.9 Å². The van der Waals surface area contributed by atoms with E-state index in [1.165, 1.54) is 88.3 Å². The normalized spacial score (nSPS) is 20.9. The molecule has 0 aliphatic carbocycles. The molecule has 1 N–H and O–H groups in total. The molecule has 0 saturated carbocycles. The van der Waals surface area contributed by atoms with Crippen LogP contribution in [-0.4, -0.2) is 58.0 Å².